The summed E-state index contributed by atoms with van der Waals surface area (Å²) in [5, 5.41) is 2.57. The number of ether oxygens (including phenoxy) is 3. The van der Waals surface area contributed by atoms with Gasteiger partial charge in [0.05, 0.1) is 21.3 Å². The van der Waals surface area contributed by atoms with Gasteiger partial charge in [-0.3, -0.25) is 4.79 Å². The quantitative estimate of drug-likeness (QED) is 0.759. The molecule has 1 atom stereocenters. The minimum absolute atomic E-state index is 0.00124. The fraction of sp³-hybridized carbons (Fsp3) is 0.538. The van der Waals surface area contributed by atoms with E-state index in [0.717, 1.165) is 0 Å². The third-order valence-electron chi connectivity index (χ3n) is 2.71. The molecule has 1 amide bonds. The van der Waals surface area contributed by atoms with Crippen molar-refractivity contribution in [2.45, 2.75) is 19.9 Å². The molecule has 1 rings (SSSR count). The number of carbonyl (C=O) groups is 2. The number of aromatic nitrogens is 2. The van der Waals surface area contributed by atoms with E-state index in [9.17, 15) is 9.59 Å². The van der Waals surface area contributed by atoms with E-state index in [4.69, 9.17) is 9.47 Å². The Morgan fingerprint density at radius 3 is 2.29 bits per heavy atom. The summed E-state index contributed by atoms with van der Waals surface area (Å²) in [6.45, 7) is 3.59. The van der Waals surface area contributed by atoms with Crippen molar-refractivity contribution in [3.8, 4) is 11.9 Å². The molecule has 0 radical (unpaired) electrons. The second kappa shape index (κ2) is 7.41. The van der Waals surface area contributed by atoms with Gasteiger partial charge in [0.2, 0.25) is 5.88 Å². The van der Waals surface area contributed by atoms with Crippen LogP contribution in [0.5, 0.6) is 11.9 Å². The first kappa shape index (κ1) is 16.7. The maximum Gasteiger partial charge on any atom is 0.328 e. The standard InChI is InChI=1S/C13H19N3O5/c1-7(2)10(12(18)20-4)16-11(17)8-6-9(19-3)15-13(14-8)21-5/h6-7,10H,1-5H3,(H,16,17)/t10-/m0/s1. The lowest BCUT2D eigenvalue weighted by Gasteiger charge is -2.19. The number of rotatable bonds is 6. The van der Waals surface area contributed by atoms with Gasteiger partial charge >= 0.3 is 12.0 Å². The fourth-order valence-electron chi connectivity index (χ4n) is 1.56. The average Bonchev–Trinajstić information content (AvgIpc) is 2.50. The minimum atomic E-state index is -0.769. The number of nitrogens with zero attached hydrogens (tertiary/aromatic N) is 2. The number of amides is 1. The van der Waals surface area contributed by atoms with Gasteiger partial charge in [0, 0.05) is 6.07 Å². The van der Waals surface area contributed by atoms with E-state index in [0.29, 0.717) is 0 Å². The summed E-state index contributed by atoms with van der Waals surface area (Å²) < 4.78 is 14.5. The van der Waals surface area contributed by atoms with Crippen LogP contribution in [0, 0.1) is 5.92 Å². The predicted molar refractivity (Wildman–Crippen MR) is 73.2 cm³/mol. The Kier molecular flexibility index (Phi) is 5.89. The predicted octanol–water partition coefficient (Wildman–Crippen LogP) is 0.421. The lowest BCUT2D eigenvalue weighted by atomic mass is 10.0. The molecule has 0 aliphatic carbocycles. The number of nitrogens with one attached hydrogen (secondary N) is 1. The van der Waals surface area contributed by atoms with Crippen molar-refractivity contribution in [1.29, 1.82) is 0 Å². The third-order valence-corrected chi connectivity index (χ3v) is 2.71. The molecule has 0 aliphatic heterocycles. The molecule has 0 saturated carbocycles. The Balaban J connectivity index is 2.99. The Labute approximate surface area is 122 Å². The van der Waals surface area contributed by atoms with Crippen LogP contribution in [0.15, 0.2) is 6.07 Å². The lowest BCUT2D eigenvalue weighted by molar-refractivity contribution is -0.144. The molecule has 116 valence electrons. The van der Waals surface area contributed by atoms with Crippen molar-refractivity contribution in [2.24, 2.45) is 5.92 Å². The average molecular weight is 297 g/mol. The topological polar surface area (TPSA) is 99.6 Å². The van der Waals surface area contributed by atoms with Crippen molar-refractivity contribution in [3.05, 3.63) is 11.8 Å². The van der Waals surface area contributed by atoms with Crippen LogP contribution in [0.4, 0.5) is 0 Å². The van der Waals surface area contributed by atoms with Gasteiger partial charge in [0.25, 0.3) is 5.91 Å². The van der Waals surface area contributed by atoms with Gasteiger partial charge in [0.15, 0.2) is 0 Å². The summed E-state index contributed by atoms with van der Waals surface area (Å²) in [4.78, 5) is 31.7. The van der Waals surface area contributed by atoms with Gasteiger partial charge in [-0.1, -0.05) is 13.8 Å². The largest absolute Gasteiger partial charge is 0.481 e. The van der Waals surface area contributed by atoms with E-state index in [1.165, 1.54) is 27.4 Å². The van der Waals surface area contributed by atoms with Gasteiger partial charge in [0.1, 0.15) is 11.7 Å². The SMILES string of the molecule is COC(=O)[C@@H](NC(=O)c1cc(OC)nc(OC)n1)C(C)C. The first-order valence-corrected chi connectivity index (χ1v) is 6.28. The molecule has 21 heavy (non-hydrogen) atoms. The summed E-state index contributed by atoms with van der Waals surface area (Å²) >= 11 is 0. The molecule has 0 aromatic carbocycles. The molecule has 0 aliphatic rings. The zero-order valence-electron chi connectivity index (χ0n) is 12.7. The second-order valence-electron chi connectivity index (χ2n) is 4.50. The Hall–Kier alpha value is -2.38. The molecule has 0 spiro atoms. The molecule has 1 aromatic heterocycles. The van der Waals surface area contributed by atoms with Crippen LogP contribution in [0.2, 0.25) is 0 Å². The number of carbonyl (C=O) groups excluding carboxylic acids is 2. The maximum atomic E-state index is 12.2. The van der Waals surface area contributed by atoms with E-state index in [1.807, 2.05) is 0 Å². The molecule has 8 nitrogen and oxygen atoms in total. The van der Waals surface area contributed by atoms with Crippen molar-refractivity contribution >= 4 is 11.9 Å². The first-order chi connectivity index (χ1) is 9.92. The summed E-state index contributed by atoms with van der Waals surface area (Å²) in [7, 11) is 4.05. The van der Waals surface area contributed by atoms with Gasteiger partial charge in [-0.2, -0.15) is 9.97 Å². The number of methoxy groups -OCH3 is 3. The van der Waals surface area contributed by atoms with Crippen LogP contribution in [-0.4, -0.2) is 49.2 Å². The molecule has 0 bridgehead atoms. The van der Waals surface area contributed by atoms with Gasteiger partial charge in [-0.25, -0.2) is 4.79 Å². The molecule has 0 saturated heterocycles. The Morgan fingerprint density at radius 1 is 1.14 bits per heavy atom. The van der Waals surface area contributed by atoms with Crippen molar-refractivity contribution in [3.63, 3.8) is 0 Å². The number of hydrogen-bond donors (Lipinski definition) is 1. The monoisotopic (exact) mass is 297 g/mol. The smallest absolute Gasteiger partial charge is 0.328 e. The minimum Gasteiger partial charge on any atom is -0.481 e. The van der Waals surface area contributed by atoms with Crippen LogP contribution in [-0.2, 0) is 9.53 Å². The second-order valence-corrected chi connectivity index (χ2v) is 4.50. The third kappa shape index (κ3) is 4.30. The van der Waals surface area contributed by atoms with Gasteiger partial charge < -0.3 is 19.5 Å². The first-order valence-electron chi connectivity index (χ1n) is 6.28. The molecular weight excluding hydrogens is 278 g/mol. The summed E-state index contributed by atoms with van der Waals surface area (Å²) in [6.07, 6.45) is 0. The highest BCUT2D eigenvalue weighted by atomic mass is 16.5. The highest BCUT2D eigenvalue weighted by molar-refractivity contribution is 5.95. The van der Waals surface area contributed by atoms with E-state index < -0.39 is 17.9 Å². The van der Waals surface area contributed by atoms with Crippen molar-refractivity contribution < 1.29 is 23.8 Å². The zero-order chi connectivity index (χ0) is 16.0. The molecule has 1 N–H and O–H groups in total. The normalized spacial score (nSPS) is 11.7. The van der Waals surface area contributed by atoms with Crippen LogP contribution in [0.25, 0.3) is 0 Å². The Morgan fingerprint density at radius 2 is 1.81 bits per heavy atom. The molecule has 0 unspecified atom stereocenters. The number of hydrogen-bond acceptors (Lipinski definition) is 7. The van der Waals surface area contributed by atoms with Crippen LogP contribution in [0.3, 0.4) is 0 Å². The fourth-order valence-corrected chi connectivity index (χ4v) is 1.56. The van der Waals surface area contributed by atoms with E-state index in [2.05, 4.69) is 20.0 Å². The van der Waals surface area contributed by atoms with Gasteiger partial charge in [-0.05, 0) is 5.92 Å². The Bertz CT molecular complexity index is 496. The van der Waals surface area contributed by atoms with Crippen LogP contribution in [0.1, 0.15) is 24.3 Å². The lowest BCUT2D eigenvalue weighted by Crippen LogP contribution is -2.45. The summed E-state index contributed by atoms with van der Waals surface area (Å²) in [5.41, 5.74) is 0.0354. The summed E-state index contributed by atoms with van der Waals surface area (Å²) in [6, 6.07) is 0.583. The van der Waals surface area contributed by atoms with Crippen LogP contribution >= 0.6 is 0 Å². The van der Waals surface area contributed by atoms with Crippen molar-refractivity contribution in [2.75, 3.05) is 21.3 Å². The zero-order valence-corrected chi connectivity index (χ0v) is 12.7. The summed E-state index contributed by atoms with van der Waals surface area (Å²) in [5.74, 6) is -1.01. The van der Waals surface area contributed by atoms with Crippen molar-refractivity contribution in [1.82, 2.24) is 15.3 Å². The van der Waals surface area contributed by atoms with Gasteiger partial charge in [-0.15, -0.1) is 0 Å². The number of esters is 1. The van der Waals surface area contributed by atoms with Crippen LogP contribution < -0.4 is 14.8 Å². The molecule has 1 aromatic rings. The maximum absolute atomic E-state index is 12.2. The molecular formula is C13H19N3O5. The highest BCUT2D eigenvalue weighted by Gasteiger charge is 2.26. The molecule has 1 heterocycles. The molecule has 0 fully saturated rings. The molecule has 8 heteroatoms. The van der Waals surface area contributed by atoms with E-state index in [1.54, 1.807) is 13.8 Å². The van der Waals surface area contributed by atoms with E-state index in [-0.39, 0.29) is 23.5 Å². The highest BCUT2D eigenvalue weighted by Crippen LogP contribution is 2.14. The van der Waals surface area contributed by atoms with E-state index >= 15 is 0 Å².